The van der Waals surface area contributed by atoms with Gasteiger partial charge >= 0.3 is 0 Å². The molecule has 0 aliphatic heterocycles. The lowest BCUT2D eigenvalue weighted by atomic mass is 9.96. The zero-order valence-corrected chi connectivity index (χ0v) is 16.1. The first-order chi connectivity index (χ1) is 10.0. The van der Waals surface area contributed by atoms with Gasteiger partial charge in [-0.3, -0.25) is 0 Å². The molecule has 0 saturated heterocycles. The van der Waals surface area contributed by atoms with Crippen LogP contribution in [0.15, 0.2) is 0 Å². The number of hydrogen-bond acceptors (Lipinski definition) is 5. The van der Waals surface area contributed by atoms with Crippen molar-refractivity contribution < 1.29 is 34.1 Å². The van der Waals surface area contributed by atoms with Crippen LogP contribution in [0.5, 0.6) is 0 Å². The molecule has 7 heteroatoms. The Balaban J connectivity index is 4.91. The van der Waals surface area contributed by atoms with E-state index in [-0.39, 0.29) is 13.2 Å². The summed E-state index contributed by atoms with van der Waals surface area (Å²) < 4.78 is 6.46. The summed E-state index contributed by atoms with van der Waals surface area (Å²) in [6.45, 7) is 3.40. The van der Waals surface area contributed by atoms with Gasteiger partial charge in [0.25, 0.3) is 0 Å². The minimum Gasteiger partial charge on any atom is -0.390 e. The molecule has 0 aromatic carbocycles. The predicted molar refractivity (Wildman–Crippen MR) is 89.9 cm³/mol. The standard InChI is InChI=1S/C16H38N2O5/c1-13(19)15(21,9-17(3,4)5)11-23-12-16(22,14(2)20)10-18(6,7)8/h13-14,19-22H,9-12H2,1-8H3/q+2. The molecule has 0 heterocycles. The molecule has 7 nitrogen and oxygen atoms in total. The van der Waals surface area contributed by atoms with Crippen LogP contribution >= 0.6 is 0 Å². The molecular weight excluding hydrogens is 300 g/mol. The molecular formula is C16H38N2O5+2. The summed E-state index contributed by atoms with van der Waals surface area (Å²) in [5, 5.41) is 41.1. The van der Waals surface area contributed by atoms with E-state index in [2.05, 4.69) is 0 Å². The van der Waals surface area contributed by atoms with E-state index in [0.29, 0.717) is 22.1 Å². The lowest BCUT2D eigenvalue weighted by Crippen LogP contribution is -2.60. The summed E-state index contributed by atoms with van der Waals surface area (Å²) in [5.74, 6) is 0. The maximum atomic E-state index is 10.7. The fourth-order valence-electron chi connectivity index (χ4n) is 2.64. The van der Waals surface area contributed by atoms with Gasteiger partial charge in [0.15, 0.2) is 11.2 Å². The van der Waals surface area contributed by atoms with Crippen molar-refractivity contribution in [3.63, 3.8) is 0 Å². The molecule has 0 aromatic heterocycles. The molecule has 0 bridgehead atoms. The average Bonchev–Trinajstić information content (AvgIpc) is 2.23. The maximum Gasteiger partial charge on any atom is 0.162 e. The van der Waals surface area contributed by atoms with Crippen LogP contribution in [0.4, 0.5) is 0 Å². The van der Waals surface area contributed by atoms with Crippen LogP contribution < -0.4 is 0 Å². The highest BCUT2D eigenvalue weighted by Crippen LogP contribution is 2.19. The molecule has 0 spiro atoms. The van der Waals surface area contributed by atoms with Gasteiger partial charge in [0.2, 0.25) is 0 Å². The van der Waals surface area contributed by atoms with E-state index in [1.165, 1.54) is 13.8 Å². The summed E-state index contributed by atoms with van der Waals surface area (Å²) in [6.07, 6.45) is -1.95. The molecule has 140 valence electrons. The highest BCUT2D eigenvalue weighted by Gasteiger charge is 2.42. The first-order valence-electron chi connectivity index (χ1n) is 8.00. The first kappa shape index (κ1) is 22.7. The molecule has 0 amide bonds. The molecule has 23 heavy (non-hydrogen) atoms. The number of ether oxygens (including phenoxy) is 1. The van der Waals surface area contributed by atoms with Crippen LogP contribution in [0, 0.1) is 0 Å². The van der Waals surface area contributed by atoms with E-state index in [1.54, 1.807) is 0 Å². The summed E-state index contributed by atoms with van der Waals surface area (Å²) in [5.41, 5.74) is -2.84. The lowest BCUT2D eigenvalue weighted by Gasteiger charge is -2.39. The third-order valence-corrected chi connectivity index (χ3v) is 3.76. The summed E-state index contributed by atoms with van der Waals surface area (Å²) in [4.78, 5) is 0. The summed E-state index contributed by atoms with van der Waals surface area (Å²) >= 11 is 0. The van der Waals surface area contributed by atoms with E-state index in [0.717, 1.165) is 0 Å². The number of aliphatic hydroxyl groups excluding tert-OH is 2. The van der Waals surface area contributed by atoms with Gasteiger partial charge < -0.3 is 34.1 Å². The monoisotopic (exact) mass is 338 g/mol. The summed E-state index contributed by atoms with van der Waals surface area (Å²) in [6, 6.07) is 0. The number of nitrogens with zero attached hydrogens (tertiary/aromatic N) is 2. The third-order valence-electron chi connectivity index (χ3n) is 3.76. The fraction of sp³-hybridized carbons (Fsp3) is 1.00. The second-order valence-electron chi connectivity index (χ2n) is 8.95. The van der Waals surface area contributed by atoms with Crippen molar-refractivity contribution >= 4 is 0 Å². The number of quaternary nitrogens is 2. The second kappa shape index (κ2) is 7.74. The van der Waals surface area contributed by atoms with Gasteiger partial charge in [-0.05, 0) is 13.8 Å². The molecule has 4 atom stereocenters. The van der Waals surface area contributed by atoms with E-state index < -0.39 is 23.4 Å². The fourth-order valence-corrected chi connectivity index (χ4v) is 2.64. The van der Waals surface area contributed by atoms with Crippen molar-refractivity contribution in [3.8, 4) is 0 Å². The van der Waals surface area contributed by atoms with E-state index in [4.69, 9.17) is 4.74 Å². The van der Waals surface area contributed by atoms with Crippen molar-refractivity contribution in [2.45, 2.75) is 37.3 Å². The Morgan fingerprint density at radius 1 is 0.739 bits per heavy atom. The van der Waals surface area contributed by atoms with Gasteiger partial charge in [-0.1, -0.05) is 0 Å². The maximum absolute atomic E-state index is 10.7. The molecule has 0 aliphatic rings. The topological polar surface area (TPSA) is 90.2 Å². The van der Waals surface area contributed by atoms with Gasteiger partial charge in [-0.25, -0.2) is 0 Å². The Labute approximate surface area is 140 Å². The third kappa shape index (κ3) is 8.39. The SMILES string of the molecule is CC(O)C(O)(COCC(O)(C[N+](C)(C)C)C(C)O)C[N+](C)(C)C. The van der Waals surface area contributed by atoms with E-state index >= 15 is 0 Å². The molecule has 0 saturated carbocycles. The Morgan fingerprint density at radius 3 is 1.17 bits per heavy atom. The lowest BCUT2D eigenvalue weighted by molar-refractivity contribution is -0.878. The molecule has 4 unspecified atom stereocenters. The van der Waals surface area contributed by atoms with Crippen LogP contribution in [0.2, 0.25) is 0 Å². The molecule has 4 N–H and O–H groups in total. The van der Waals surface area contributed by atoms with Crippen LogP contribution in [0.1, 0.15) is 13.8 Å². The highest BCUT2D eigenvalue weighted by atomic mass is 16.5. The zero-order chi connectivity index (χ0) is 18.7. The molecule has 0 aromatic rings. The van der Waals surface area contributed by atoms with Gasteiger partial charge in [0, 0.05) is 0 Å². The zero-order valence-electron chi connectivity index (χ0n) is 16.1. The van der Waals surface area contributed by atoms with Gasteiger partial charge in [-0.15, -0.1) is 0 Å². The Kier molecular flexibility index (Phi) is 7.64. The molecule has 0 rings (SSSR count). The second-order valence-corrected chi connectivity index (χ2v) is 8.95. The Hall–Kier alpha value is -0.280. The van der Waals surface area contributed by atoms with Crippen molar-refractivity contribution in [1.29, 1.82) is 0 Å². The quantitative estimate of drug-likeness (QED) is 0.370. The van der Waals surface area contributed by atoms with Crippen LogP contribution in [-0.2, 0) is 4.74 Å². The number of hydrogen-bond donors (Lipinski definition) is 4. The first-order valence-corrected chi connectivity index (χ1v) is 8.00. The molecule has 0 aliphatic carbocycles. The summed E-state index contributed by atoms with van der Waals surface area (Å²) in [7, 11) is 11.5. The van der Waals surface area contributed by atoms with Crippen molar-refractivity contribution in [1.82, 2.24) is 0 Å². The Bertz CT molecular complexity index is 328. The van der Waals surface area contributed by atoms with Crippen LogP contribution in [0.3, 0.4) is 0 Å². The van der Waals surface area contributed by atoms with E-state index in [9.17, 15) is 20.4 Å². The smallest absolute Gasteiger partial charge is 0.162 e. The van der Waals surface area contributed by atoms with Gasteiger partial charge in [-0.2, -0.15) is 0 Å². The normalized spacial score (nSPS) is 21.4. The van der Waals surface area contributed by atoms with Crippen molar-refractivity contribution in [3.05, 3.63) is 0 Å². The molecule has 0 fully saturated rings. The number of aliphatic hydroxyl groups is 4. The average molecular weight is 338 g/mol. The minimum absolute atomic E-state index is 0.119. The number of rotatable bonds is 10. The van der Waals surface area contributed by atoms with Crippen LogP contribution in [-0.4, -0.2) is 121 Å². The van der Waals surface area contributed by atoms with Gasteiger partial charge in [0.1, 0.15) is 13.1 Å². The van der Waals surface area contributed by atoms with Crippen molar-refractivity contribution in [2.75, 3.05) is 68.6 Å². The van der Waals surface area contributed by atoms with Crippen LogP contribution in [0.25, 0.3) is 0 Å². The predicted octanol–water partition coefficient (Wildman–Crippen LogP) is -1.36. The highest BCUT2D eigenvalue weighted by molar-refractivity contribution is 4.87. The van der Waals surface area contributed by atoms with Crippen molar-refractivity contribution in [2.24, 2.45) is 0 Å². The number of likely N-dealkylation sites (N-methyl/N-ethyl adjacent to an activating group) is 2. The Morgan fingerprint density at radius 2 is 1.00 bits per heavy atom. The van der Waals surface area contributed by atoms with E-state index in [1.807, 2.05) is 42.3 Å². The van der Waals surface area contributed by atoms with Gasteiger partial charge in [0.05, 0.1) is 67.7 Å². The largest absolute Gasteiger partial charge is 0.390 e. The molecule has 0 radical (unpaired) electrons. The minimum atomic E-state index is -1.42.